The summed E-state index contributed by atoms with van der Waals surface area (Å²) in [6, 6.07) is 0. The molecule has 0 aromatic rings. The molecule has 3 nitrogen and oxygen atoms in total. The fourth-order valence-corrected chi connectivity index (χ4v) is 0.618. The number of rotatable bonds is 2. The van der Waals surface area contributed by atoms with Gasteiger partial charge in [0.15, 0.2) is 0 Å². The van der Waals surface area contributed by atoms with Gasteiger partial charge in [0.2, 0.25) is 5.41 Å². The van der Waals surface area contributed by atoms with Gasteiger partial charge in [0, 0.05) is 0 Å². The van der Waals surface area contributed by atoms with Crippen molar-refractivity contribution in [2.24, 2.45) is 0 Å². The largest absolute Gasteiger partial charge is 0.362 e. The molecule has 0 spiro atoms. The minimum Gasteiger partial charge on any atom is -0.322 e. The van der Waals surface area contributed by atoms with Crippen molar-refractivity contribution in [3.05, 3.63) is 0 Å². The molecule has 2 N–H and O–H groups in total. The van der Waals surface area contributed by atoms with Crippen LogP contribution < -0.4 is 0 Å². The Bertz CT molecular complexity index is 139. The maximum absolute atomic E-state index is 12.6. The van der Waals surface area contributed by atoms with Crippen LogP contribution in [0, 0.1) is 0 Å². The van der Waals surface area contributed by atoms with Crippen LogP contribution in [-0.4, -0.2) is 15.2 Å². The summed E-state index contributed by atoms with van der Waals surface area (Å²) in [6.45, 7) is 2.28. The van der Waals surface area contributed by atoms with Crippen molar-refractivity contribution in [2.45, 2.75) is 25.7 Å². The van der Waals surface area contributed by atoms with Gasteiger partial charge in [-0.15, -0.1) is 0 Å². The normalized spacial score (nSPS) is 19.2. The summed E-state index contributed by atoms with van der Waals surface area (Å²) in [7, 11) is -4.54. The first-order chi connectivity index (χ1) is 3.81. The minimum absolute atomic E-state index is 0.169. The highest BCUT2D eigenvalue weighted by Gasteiger charge is 2.40. The fourth-order valence-electron chi connectivity index (χ4n) is 0.206. The van der Waals surface area contributed by atoms with E-state index in [9.17, 15) is 8.96 Å². The van der Waals surface area contributed by atoms with Gasteiger partial charge in [0.25, 0.3) is 0 Å². The van der Waals surface area contributed by atoms with Crippen LogP contribution in [0.4, 0.5) is 4.39 Å². The average molecular weight is 156 g/mol. The van der Waals surface area contributed by atoms with Crippen molar-refractivity contribution < 1.29 is 18.7 Å². The van der Waals surface area contributed by atoms with E-state index in [4.69, 9.17) is 9.79 Å². The Labute approximate surface area is 53.1 Å². The topological polar surface area (TPSA) is 57.5 Å². The minimum atomic E-state index is -4.54. The molecule has 1 atom stereocenters. The Balaban J connectivity index is 4.34. The third-order valence-electron chi connectivity index (χ3n) is 1.25. The number of hydrogen-bond donors (Lipinski definition) is 2. The first kappa shape index (κ1) is 9.08. The van der Waals surface area contributed by atoms with Gasteiger partial charge in [-0.25, -0.2) is 4.39 Å². The van der Waals surface area contributed by atoms with Crippen LogP contribution >= 0.6 is 7.60 Å². The third kappa shape index (κ3) is 2.05. The second-order valence-corrected chi connectivity index (χ2v) is 4.06. The van der Waals surface area contributed by atoms with Crippen LogP contribution in [0.5, 0.6) is 0 Å². The zero-order chi connectivity index (χ0) is 7.71. The van der Waals surface area contributed by atoms with Crippen molar-refractivity contribution in [1.29, 1.82) is 0 Å². The maximum atomic E-state index is 12.6. The van der Waals surface area contributed by atoms with E-state index < -0.39 is 13.0 Å². The molecule has 0 aliphatic heterocycles. The van der Waals surface area contributed by atoms with E-state index in [1.807, 2.05) is 0 Å². The molecular formula is C4H10FO3P. The van der Waals surface area contributed by atoms with E-state index in [1.165, 1.54) is 6.92 Å². The number of halogens is 1. The van der Waals surface area contributed by atoms with E-state index >= 15 is 0 Å². The summed E-state index contributed by atoms with van der Waals surface area (Å²) in [4.78, 5) is 16.6. The lowest BCUT2D eigenvalue weighted by molar-refractivity contribution is 0.215. The average Bonchev–Trinajstić information content (AvgIpc) is 1.64. The van der Waals surface area contributed by atoms with Crippen molar-refractivity contribution >= 4 is 7.60 Å². The second kappa shape index (κ2) is 2.37. The quantitative estimate of drug-likeness (QED) is 0.591. The van der Waals surface area contributed by atoms with Crippen LogP contribution in [0.1, 0.15) is 20.3 Å². The SMILES string of the molecule is CCC(C)(F)P(=O)(O)O. The number of hydrogen-bond acceptors (Lipinski definition) is 1. The Morgan fingerprint density at radius 3 is 2.00 bits per heavy atom. The fraction of sp³-hybridized carbons (Fsp3) is 1.00. The zero-order valence-electron chi connectivity index (χ0n) is 5.33. The monoisotopic (exact) mass is 156 g/mol. The molecule has 0 saturated heterocycles. The Kier molecular flexibility index (Phi) is 2.39. The lowest BCUT2D eigenvalue weighted by Gasteiger charge is -2.18. The first-order valence-electron chi connectivity index (χ1n) is 2.56. The molecule has 0 bridgehead atoms. The van der Waals surface area contributed by atoms with Crippen LogP contribution in [0.25, 0.3) is 0 Å². The molecule has 0 aromatic heterocycles. The summed E-state index contributed by atoms with van der Waals surface area (Å²) in [5.74, 6) is 0. The van der Waals surface area contributed by atoms with E-state index in [0.29, 0.717) is 0 Å². The van der Waals surface area contributed by atoms with Gasteiger partial charge < -0.3 is 9.79 Å². The van der Waals surface area contributed by atoms with Gasteiger partial charge in [-0.3, -0.25) is 4.57 Å². The number of alkyl halides is 1. The zero-order valence-corrected chi connectivity index (χ0v) is 6.23. The van der Waals surface area contributed by atoms with Crippen molar-refractivity contribution in [3.8, 4) is 0 Å². The van der Waals surface area contributed by atoms with Crippen LogP contribution in [0.15, 0.2) is 0 Å². The van der Waals surface area contributed by atoms with E-state index in [0.717, 1.165) is 6.92 Å². The lowest BCUT2D eigenvalue weighted by atomic mass is 10.3. The molecule has 0 aliphatic carbocycles. The maximum Gasteiger partial charge on any atom is 0.362 e. The second-order valence-electron chi connectivity index (χ2n) is 2.04. The predicted molar refractivity (Wildman–Crippen MR) is 31.8 cm³/mol. The van der Waals surface area contributed by atoms with E-state index in [1.54, 1.807) is 0 Å². The smallest absolute Gasteiger partial charge is 0.322 e. The van der Waals surface area contributed by atoms with Crippen LogP contribution in [-0.2, 0) is 4.57 Å². The van der Waals surface area contributed by atoms with Crippen molar-refractivity contribution in [1.82, 2.24) is 0 Å². The molecule has 9 heavy (non-hydrogen) atoms. The van der Waals surface area contributed by atoms with Gasteiger partial charge in [-0.1, -0.05) is 6.92 Å². The van der Waals surface area contributed by atoms with Gasteiger partial charge in [-0.2, -0.15) is 0 Å². The standard InChI is InChI=1S/C4H10FO3P/c1-3-4(2,5)9(6,7)8/h3H2,1-2H3,(H2,6,7,8). The Morgan fingerprint density at radius 2 is 2.00 bits per heavy atom. The summed E-state index contributed by atoms with van der Waals surface area (Å²) in [5.41, 5.74) is 0. The molecule has 0 aromatic carbocycles. The highest BCUT2D eigenvalue weighted by atomic mass is 31.2. The highest BCUT2D eigenvalue weighted by molar-refractivity contribution is 7.53. The molecule has 0 fully saturated rings. The van der Waals surface area contributed by atoms with Crippen molar-refractivity contribution in [3.63, 3.8) is 0 Å². The molecule has 1 unspecified atom stereocenters. The van der Waals surface area contributed by atoms with Gasteiger partial charge in [0.1, 0.15) is 0 Å². The molecule has 0 radical (unpaired) electrons. The molecule has 0 rings (SSSR count). The molecule has 56 valence electrons. The lowest BCUT2D eigenvalue weighted by Crippen LogP contribution is -2.15. The van der Waals surface area contributed by atoms with Crippen molar-refractivity contribution in [2.75, 3.05) is 0 Å². The molecule has 0 heterocycles. The summed E-state index contributed by atoms with van der Waals surface area (Å²) >= 11 is 0. The van der Waals surface area contributed by atoms with Gasteiger partial charge in [0.05, 0.1) is 0 Å². The van der Waals surface area contributed by atoms with E-state index in [-0.39, 0.29) is 6.42 Å². The Hall–Kier alpha value is 0.0800. The first-order valence-corrected chi connectivity index (χ1v) is 4.17. The molecule has 0 saturated carbocycles. The molecule has 5 heteroatoms. The summed E-state index contributed by atoms with van der Waals surface area (Å²) in [5, 5.41) is -2.35. The van der Waals surface area contributed by atoms with Crippen LogP contribution in [0.3, 0.4) is 0 Å². The Morgan fingerprint density at radius 1 is 1.67 bits per heavy atom. The molecule has 0 aliphatic rings. The summed E-state index contributed by atoms with van der Waals surface area (Å²) < 4.78 is 22.8. The van der Waals surface area contributed by atoms with Gasteiger partial charge >= 0.3 is 7.60 Å². The molecule has 0 amide bonds. The molecular weight excluding hydrogens is 146 g/mol. The van der Waals surface area contributed by atoms with E-state index in [2.05, 4.69) is 0 Å². The van der Waals surface area contributed by atoms with Crippen LogP contribution in [0.2, 0.25) is 0 Å². The predicted octanol–water partition coefficient (Wildman–Crippen LogP) is 1.26. The van der Waals surface area contributed by atoms with Gasteiger partial charge in [-0.05, 0) is 13.3 Å². The summed E-state index contributed by atoms with van der Waals surface area (Å²) in [6.07, 6.45) is -0.169. The highest BCUT2D eigenvalue weighted by Crippen LogP contribution is 2.52. The third-order valence-corrected chi connectivity index (χ3v) is 2.78.